The molecule has 1 aromatic carbocycles. The van der Waals surface area contributed by atoms with Crippen LogP contribution in [-0.2, 0) is 13.0 Å². The molecule has 102 valence electrons. The maximum atomic E-state index is 6.27. The Morgan fingerprint density at radius 1 is 1.37 bits per heavy atom. The molecule has 0 fully saturated rings. The highest BCUT2D eigenvalue weighted by atomic mass is 35.5. The van der Waals surface area contributed by atoms with E-state index < -0.39 is 0 Å². The van der Waals surface area contributed by atoms with Crippen LogP contribution in [0.3, 0.4) is 0 Å². The number of hydrogen-bond donors (Lipinski definition) is 1. The number of aryl methyl sites for hydroxylation is 1. The minimum atomic E-state index is 0.0562. The summed E-state index contributed by atoms with van der Waals surface area (Å²) >= 11 is 12.3. The van der Waals surface area contributed by atoms with Crippen LogP contribution in [0.2, 0.25) is 10.0 Å². The predicted octanol–water partition coefficient (Wildman–Crippen LogP) is 3.11. The number of halogens is 2. The lowest BCUT2D eigenvalue weighted by Crippen LogP contribution is -2.21. The number of aromatic nitrogens is 3. The Labute approximate surface area is 122 Å². The summed E-state index contributed by atoms with van der Waals surface area (Å²) in [5.74, 6) is 0.929. The van der Waals surface area contributed by atoms with Crippen molar-refractivity contribution in [2.75, 3.05) is 7.05 Å². The van der Waals surface area contributed by atoms with E-state index in [1.165, 1.54) is 0 Å². The molecule has 0 aliphatic rings. The Morgan fingerprint density at radius 2 is 2.16 bits per heavy atom. The van der Waals surface area contributed by atoms with Gasteiger partial charge in [-0.25, -0.2) is 4.98 Å². The van der Waals surface area contributed by atoms with Gasteiger partial charge in [-0.05, 0) is 25.6 Å². The second kappa shape index (κ2) is 6.37. The number of benzene rings is 1. The van der Waals surface area contributed by atoms with E-state index in [0.717, 1.165) is 17.9 Å². The Hall–Kier alpha value is -1.10. The molecule has 0 aliphatic carbocycles. The predicted molar refractivity (Wildman–Crippen MR) is 77.7 cm³/mol. The van der Waals surface area contributed by atoms with Crippen LogP contribution in [0.1, 0.15) is 24.4 Å². The molecule has 0 saturated carbocycles. The van der Waals surface area contributed by atoms with Crippen molar-refractivity contribution in [1.82, 2.24) is 20.1 Å². The lowest BCUT2D eigenvalue weighted by Gasteiger charge is -2.18. The Balaban J connectivity index is 2.28. The molecule has 0 spiro atoms. The second-order valence-electron chi connectivity index (χ2n) is 4.18. The van der Waals surface area contributed by atoms with Gasteiger partial charge in [0.15, 0.2) is 0 Å². The molecule has 1 heterocycles. The molecule has 1 unspecified atom stereocenters. The van der Waals surface area contributed by atoms with E-state index in [2.05, 4.69) is 15.4 Å². The van der Waals surface area contributed by atoms with Gasteiger partial charge in [-0.3, -0.25) is 4.68 Å². The summed E-state index contributed by atoms with van der Waals surface area (Å²) in [4.78, 5) is 4.29. The first kappa shape index (κ1) is 14.3. The number of nitrogens with one attached hydrogen (secondary N) is 1. The molecule has 1 N–H and O–H groups in total. The maximum Gasteiger partial charge on any atom is 0.138 e. The van der Waals surface area contributed by atoms with Crippen molar-refractivity contribution >= 4 is 23.2 Å². The summed E-state index contributed by atoms with van der Waals surface area (Å²) in [5, 5.41) is 8.58. The lowest BCUT2D eigenvalue weighted by molar-refractivity contribution is 0.534. The Morgan fingerprint density at radius 3 is 2.84 bits per heavy atom. The molecular weight excluding hydrogens is 283 g/mol. The van der Waals surface area contributed by atoms with Crippen molar-refractivity contribution in [1.29, 1.82) is 0 Å². The fourth-order valence-corrected chi connectivity index (χ4v) is 2.49. The average Bonchev–Trinajstić information content (AvgIpc) is 2.87. The highest BCUT2D eigenvalue weighted by molar-refractivity contribution is 6.42. The monoisotopic (exact) mass is 298 g/mol. The van der Waals surface area contributed by atoms with E-state index in [1.54, 1.807) is 12.4 Å². The quantitative estimate of drug-likeness (QED) is 0.922. The summed E-state index contributed by atoms with van der Waals surface area (Å²) in [6, 6.07) is 5.72. The Kier molecular flexibility index (Phi) is 4.80. The molecule has 1 aromatic heterocycles. The third kappa shape index (κ3) is 3.08. The molecule has 0 bridgehead atoms. The van der Waals surface area contributed by atoms with Crippen molar-refractivity contribution in [3.63, 3.8) is 0 Å². The van der Waals surface area contributed by atoms with E-state index in [0.29, 0.717) is 16.5 Å². The topological polar surface area (TPSA) is 42.7 Å². The fraction of sp³-hybridized carbons (Fsp3) is 0.385. The van der Waals surface area contributed by atoms with Gasteiger partial charge in [-0.15, -0.1) is 0 Å². The number of nitrogens with zero attached hydrogens (tertiary/aromatic N) is 3. The largest absolute Gasteiger partial charge is 0.313 e. The van der Waals surface area contributed by atoms with Gasteiger partial charge in [-0.2, -0.15) is 5.10 Å². The van der Waals surface area contributed by atoms with Crippen LogP contribution in [0.5, 0.6) is 0 Å². The van der Waals surface area contributed by atoms with Crippen molar-refractivity contribution in [2.45, 2.75) is 25.9 Å². The number of likely N-dealkylation sites (N-methyl/N-ethyl adjacent to an activating group) is 1. The van der Waals surface area contributed by atoms with Crippen LogP contribution in [0.25, 0.3) is 0 Å². The summed E-state index contributed by atoms with van der Waals surface area (Å²) in [6.45, 7) is 2.84. The molecular formula is C13H16Cl2N4. The molecule has 0 radical (unpaired) electrons. The number of hydrogen-bond acceptors (Lipinski definition) is 3. The van der Waals surface area contributed by atoms with Crippen LogP contribution in [0.15, 0.2) is 24.5 Å². The third-order valence-corrected chi connectivity index (χ3v) is 3.92. The lowest BCUT2D eigenvalue weighted by atomic mass is 10.0. The van der Waals surface area contributed by atoms with Crippen LogP contribution < -0.4 is 5.32 Å². The van der Waals surface area contributed by atoms with Crippen molar-refractivity contribution < 1.29 is 0 Å². The highest BCUT2D eigenvalue weighted by Gasteiger charge is 2.17. The standard InChI is InChI=1S/C13H16Cl2N4/c1-3-19-12(17-8-18-19)7-11(16-2)9-5-4-6-10(14)13(9)15/h4-6,8,11,16H,3,7H2,1-2H3. The Bertz CT molecular complexity index is 553. The molecule has 6 heteroatoms. The molecule has 19 heavy (non-hydrogen) atoms. The zero-order valence-corrected chi connectivity index (χ0v) is 12.4. The van der Waals surface area contributed by atoms with Gasteiger partial charge in [0.2, 0.25) is 0 Å². The first-order chi connectivity index (χ1) is 9.17. The highest BCUT2D eigenvalue weighted by Crippen LogP contribution is 2.31. The average molecular weight is 299 g/mol. The van der Waals surface area contributed by atoms with Gasteiger partial charge in [0.05, 0.1) is 10.0 Å². The summed E-state index contributed by atoms with van der Waals surface area (Å²) in [7, 11) is 1.90. The minimum Gasteiger partial charge on any atom is -0.313 e. The van der Waals surface area contributed by atoms with E-state index >= 15 is 0 Å². The van der Waals surface area contributed by atoms with Gasteiger partial charge < -0.3 is 5.32 Å². The van der Waals surface area contributed by atoms with Crippen LogP contribution in [-0.4, -0.2) is 21.8 Å². The van der Waals surface area contributed by atoms with Gasteiger partial charge >= 0.3 is 0 Å². The molecule has 2 rings (SSSR count). The summed E-state index contributed by atoms with van der Waals surface area (Å²) < 4.78 is 1.88. The van der Waals surface area contributed by atoms with Gasteiger partial charge in [0.1, 0.15) is 12.2 Å². The van der Waals surface area contributed by atoms with E-state index in [-0.39, 0.29) is 6.04 Å². The first-order valence-electron chi connectivity index (χ1n) is 6.15. The first-order valence-corrected chi connectivity index (χ1v) is 6.90. The van der Waals surface area contributed by atoms with Crippen molar-refractivity contribution in [3.05, 3.63) is 46.0 Å². The molecule has 1 atom stereocenters. The smallest absolute Gasteiger partial charge is 0.138 e. The van der Waals surface area contributed by atoms with Crippen molar-refractivity contribution in [2.24, 2.45) is 0 Å². The zero-order valence-electron chi connectivity index (χ0n) is 10.9. The normalized spacial score (nSPS) is 12.6. The van der Waals surface area contributed by atoms with Gasteiger partial charge in [0, 0.05) is 19.0 Å². The van der Waals surface area contributed by atoms with Gasteiger partial charge in [0.25, 0.3) is 0 Å². The van der Waals surface area contributed by atoms with Crippen LogP contribution in [0, 0.1) is 0 Å². The molecule has 0 amide bonds. The van der Waals surface area contributed by atoms with E-state index in [9.17, 15) is 0 Å². The van der Waals surface area contributed by atoms with Crippen LogP contribution in [0.4, 0.5) is 0 Å². The zero-order chi connectivity index (χ0) is 13.8. The molecule has 2 aromatic rings. The summed E-state index contributed by atoms with van der Waals surface area (Å²) in [5.41, 5.74) is 0.974. The second-order valence-corrected chi connectivity index (χ2v) is 4.97. The SMILES string of the molecule is CCn1ncnc1CC(NC)c1cccc(Cl)c1Cl. The maximum absolute atomic E-state index is 6.27. The van der Waals surface area contributed by atoms with E-state index in [1.807, 2.05) is 30.8 Å². The number of rotatable bonds is 5. The fourth-order valence-electron chi connectivity index (χ4n) is 2.05. The summed E-state index contributed by atoms with van der Waals surface area (Å²) in [6.07, 6.45) is 2.29. The van der Waals surface area contributed by atoms with Crippen molar-refractivity contribution in [3.8, 4) is 0 Å². The van der Waals surface area contributed by atoms with E-state index in [4.69, 9.17) is 23.2 Å². The molecule has 4 nitrogen and oxygen atoms in total. The van der Waals surface area contributed by atoms with Gasteiger partial charge in [-0.1, -0.05) is 35.3 Å². The van der Waals surface area contributed by atoms with Crippen LogP contribution >= 0.6 is 23.2 Å². The molecule has 0 saturated heterocycles. The molecule has 0 aliphatic heterocycles. The third-order valence-electron chi connectivity index (χ3n) is 3.09. The minimum absolute atomic E-state index is 0.0562.